The van der Waals surface area contributed by atoms with E-state index >= 15 is 0 Å². The first-order valence-corrected chi connectivity index (χ1v) is 10.9. The maximum Gasteiger partial charge on any atom is 0.174 e. The van der Waals surface area contributed by atoms with Gasteiger partial charge in [-0.3, -0.25) is 4.98 Å². The Bertz CT molecular complexity index is 1260. The second kappa shape index (κ2) is 8.20. The lowest BCUT2D eigenvalue weighted by atomic mass is 10.00. The third-order valence-electron chi connectivity index (χ3n) is 5.78. The summed E-state index contributed by atoms with van der Waals surface area (Å²) in [6, 6.07) is 22.6. The molecule has 0 bridgehead atoms. The van der Waals surface area contributed by atoms with E-state index < -0.39 is 0 Å². The van der Waals surface area contributed by atoms with Crippen LogP contribution in [-0.4, -0.2) is 14.7 Å². The molecule has 4 aromatic rings. The number of aromatic nitrogens is 2. The van der Waals surface area contributed by atoms with Crippen LogP contribution in [0.4, 0.5) is 10.1 Å². The van der Waals surface area contributed by atoms with Crippen LogP contribution in [0.5, 0.6) is 0 Å². The Balaban J connectivity index is 1.70. The lowest BCUT2D eigenvalue weighted by molar-refractivity contribution is 0.544. The van der Waals surface area contributed by atoms with E-state index in [0.717, 1.165) is 28.2 Å². The van der Waals surface area contributed by atoms with Crippen molar-refractivity contribution in [2.45, 2.75) is 25.9 Å². The van der Waals surface area contributed by atoms with Crippen LogP contribution in [0.3, 0.4) is 0 Å². The Morgan fingerprint density at radius 3 is 2.41 bits per heavy atom. The molecule has 0 saturated carbocycles. The van der Waals surface area contributed by atoms with Crippen LogP contribution in [0.2, 0.25) is 0 Å². The summed E-state index contributed by atoms with van der Waals surface area (Å²) in [5.41, 5.74) is 5.64. The van der Waals surface area contributed by atoms with Gasteiger partial charge in [-0.25, -0.2) is 4.39 Å². The first kappa shape index (κ1) is 20.4. The van der Waals surface area contributed by atoms with Gasteiger partial charge in [0.25, 0.3) is 0 Å². The molecule has 1 N–H and O–H groups in total. The average Bonchev–Trinajstić information content (AvgIpc) is 3.38. The Morgan fingerprint density at radius 2 is 1.69 bits per heavy atom. The van der Waals surface area contributed by atoms with Crippen LogP contribution in [0.15, 0.2) is 85.2 Å². The summed E-state index contributed by atoms with van der Waals surface area (Å²) in [7, 11) is 0. The highest BCUT2D eigenvalue weighted by Crippen LogP contribution is 2.42. The molecule has 0 amide bonds. The molecule has 0 radical (unpaired) electrons. The van der Waals surface area contributed by atoms with Gasteiger partial charge in [0.05, 0.1) is 17.4 Å². The number of halogens is 1. The molecule has 160 valence electrons. The number of nitrogens with zero attached hydrogens (tertiary/aromatic N) is 3. The molecule has 6 heteroatoms. The minimum absolute atomic E-state index is 0.190. The molecule has 0 aliphatic carbocycles. The van der Waals surface area contributed by atoms with Crippen molar-refractivity contribution in [1.29, 1.82) is 0 Å². The second-order valence-corrected chi connectivity index (χ2v) is 8.48. The van der Waals surface area contributed by atoms with Gasteiger partial charge in [-0.1, -0.05) is 24.3 Å². The number of rotatable bonds is 4. The van der Waals surface area contributed by atoms with Crippen molar-refractivity contribution in [3.05, 3.63) is 114 Å². The molecule has 1 aliphatic heterocycles. The molecule has 1 fully saturated rings. The number of benzene rings is 2. The third kappa shape index (κ3) is 3.56. The van der Waals surface area contributed by atoms with E-state index in [1.807, 2.05) is 47.2 Å². The van der Waals surface area contributed by atoms with E-state index in [-0.39, 0.29) is 17.9 Å². The van der Waals surface area contributed by atoms with Gasteiger partial charge >= 0.3 is 0 Å². The summed E-state index contributed by atoms with van der Waals surface area (Å²) in [4.78, 5) is 6.73. The van der Waals surface area contributed by atoms with Crippen molar-refractivity contribution < 1.29 is 4.39 Å². The maximum absolute atomic E-state index is 14.8. The fourth-order valence-corrected chi connectivity index (χ4v) is 4.87. The summed E-state index contributed by atoms with van der Waals surface area (Å²) in [6.45, 7) is 4.16. The average molecular weight is 443 g/mol. The van der Waals surface area contributed by atoms with Crippen molar-refractivity contribution in [3.8, 4) is 5.69 Å². The smallest absolute Gasteiger partial charge is 0.174 e. The first-order chi connectivity index (χ1) is 15.5. The summed E-state index contributed by atoms with van der Waals surface area (Å²) in [6.07, 6.45) is 3.68. The molecule has 0 unspecified atom stereocenters. The topological polar surface area (TPSA) is 33.1 Å². The highest BCUT2D eigenvalue weighted by Gasteiger charge is 2.42. The molecular formula is C26H23FN4S. The van der Waals surface area contributed by atoms with Gasteiger partial charge in [0.1, 0.15) is 11.9 Å². The lowest BCUT2D eigenvalue weighted by Crippen LogP contribution is -2.30. The SMILES string of the molecule is Cc1cc(C)cc(N2C(=S)N[C@@H](c3ccccn3)[C@@H]2c2cccn2-c2ccccc2F)c1. The van der Waals surface area contributed by atoms with Gasteiger partial charge in [0.2, 0.25) is 0 Å². The zero-order valence-corrected chi connectivity index (χ0v) is 18.7. The van der Waals surface area contributed by atoms with Gasteiger partial charge in [0.15, 0.2) is 5.11 Å². The predicted octanol–water partition coefficient (Wildman–Crippen LogP) is 5.81. The van der Waals surface area contributed by atoms with Crippen molar-refractivity contribution in [2.75, 3.05) is 4.90 Å². The number of nitrogens with one attached hydrogen (secondary N) is 1. The van der Waals surface area contributed by atoms with Gasteiger partial charge in [-0.2, -0.15) is 0 Å². The molecule has 0 spiro atoms. The van der Waals surface area contributed by atoms with Crippen molar-refractivity contribution >= 4 is 23.0 Å². The van der Waals surface area contributed by atoms with Crippen LogP contribution < -0.4 is 10.2 Å². The fourth-order valence-electron chi connectivity index (χ4n) is 4.52. The summed E-state index contributed by atoms with van der Waals surface area (Å²) in [5, 5.41) is 4.10. The first-order valence-electron chi connectivity index (χ1n) is 10.5. The number of anilines is 1. The minimum atomic E-state index is -0.272. The van der Waals surface area contributed by atoms with Crippen LogP contribution in [0, 0.1) is 19.7 Å². The monoisotopic (exact) mass is 442 g/mol. The zero-order valence-electron chi connectivity index (χ0n) is 17.9. The Morgan fingerprint density at radius 1 is 0.938 bits per heavy atom. The number of thiocarbonyl (C=S) groups is 1. The molecule has 4 nitrogen and oxygen atoms in total. The molecule has 2 atom stereocenters. The summed E-state index contributed by atoms with van der Waals surface area (Å²) < 4.78 is 16.7. The molecular weight excluding hydrogens is 419 g/mol. The van der Waals surface area contributed by atoms with Gasteiger partial charge in [-0.15, -0.1) is 0 Å². The molecule has 32 heavy (non-hydrogen) atoms. The Labute approximate surface area is 192 Å². The maximum atomic E-state index is 14.8. The quantitative estimate of drug-likeness (QED) is 0.405. The van der Waals surface area contributed by atoms with Crippen LogP contribution in [0.1, 0.15) is 34.6 Å². The fraction of sp³-hybridized carbons (Fsp3) is 0.154. The standard InChI is InChI=1S/C26H23FN4S/c1-17-14-18(2)16-19(15-17)31-25(24(29-26(31)32)21-9-5-6-12-28-21)23-11-7-13-30(23)22-10-4-3-8-20(22)27/h3-16,24-25H,1-2H3,(H,29,32)/t24-,25-/m0/s1. The van der Waals surface area contributed by atoms with E-state index in [1.165, 1.54) is 6.07 Å². The van der Waals surface area contributed by atoms with E-state index in [4.69, 9.17) is 12.2 Å². The van der Waals surface area contributed by atoms with Crippen LogP contribution in [-0.2, 0) is 0 Å². The molecule has 2 aromatic carbocycles. The van der Waals surface area contributed by atoms with Crippen molar-refractivity contribution in [1.82, 2.24) is 14.9 Å². The number of para-hydroxylation sites is 1. The third-order valence-corrected chi connectivity index (χ3v) is 6.09. The summed E-state index contributed by atoms with van der Waals surface area (Å²) >= 11 is 5.83. The van der Waals surface area contributed by atoms with E-state index in [2.05, 4.69) is 47.2 Å². The van der Waals surface area contributed by atoms with E-state index in [0.29, 0.717) is 10.8 Å². The number of hydrogen-bond acceptors (Lipinski definition) is 2. The second-order valence-electron chi connectivity index (χ2n) is 8.10. The number of aryl methyl sites for hydroxylation is 2. The predicted molar refractivity (Wildman–Crippen MR) is 130 cm³/mol. The van der Waals surface area contributed by atoms with Gasteiger partial charge < -0.3 is 14.8 Å². The molecule has 2 aromatic heterocycles. The minimum Gasteiger partial charge on any atom is -0.351 e. The largest absolute Gasteiger partial charge is 0.351 e. The Hall–Kier alpha value is -3.51. The van der Waals surface area contributed by atoms with Crippen LogP contribution >= 0.6 is 12.2 Å². The van der Waals surface area contributed by atoms with E-state index in [9.17, 15) is 4.39 Å². The molecule has 5 rings (SSSR count). The highest BCUT2D eigenvalue weighted by atomic mass is 32.1. The molecule has 1 aliphatic rings. The van der Waals surface area contributed by atoms with Gasteiger partial charge in [-0.05, 0) is 85.7 Å². The normalized spacial score (nSPS) is 18.1. The molecule has 1 saturated heterocycles. The van der Waals surface area contributed by atoms with Crippen molar-refractivity contribution in [2.24, 2.45) is 0 Å². The highest BCUT2D eigenvalue weighted by molar-refractivity contribution is 7.80. The van der Waals surface area contributed by atoms with Crippen LogP contribution in [0.25, 0.3) is 5.69 Å². The number of hydrogen-bond donors (Lipinski definition) is 1. The lowest BCUT2D eigenvalue weighted by Gasteiger charge is -2.29. The number of pyridine rings is 1. The van der Waals surface area contributed by atoms with E-state index in [1.54, 1.807) is 18.3 Å². The van der Waals surface area contributed by atoms with Gasteiger partial charge in [0, 0.05) is 23.8 Å². The van der Waals surface area contributed by atoms with Crippen molar-refractivity contribution in [3.63, 3.8) is 0 Å². The summed E-state index contributed by atoms with van der Waals surface area (Å²) in [5.74, 6) is -0.272. The zero-order chi connectivity index (χ0) is 22.2. The Kier molecular flexibility index (Phi) is 5.23. The molecule has 3 heterocycles.